The van der Waals surface area contributed by atoms with Gasteiger partial charge in [0.25, 0.3) is 0 Å². The number of Topliss-reactive ketones (excluding diaryl/α,β-unsaturated/α-hetero) is 1. The van der Waals surface area contributed by atoms with E-state index in [1.807, 2.05) is 6.07 Å². The normalized spacial score (nSPS) is 20.8. The summed E-state index contributed by atoms with van der Waals surface area (Å²) >= 11 is 0. The minimum absolute atomic E-state index is 0. The fourth-order valence-electron chi connectivity index (χ4n) is 1.73. The first-order valence-electron chi connectivity index (χ1n) is 5.27. The Bertz CT molecular complexity index is 495. The number of benzene rings is 1. The summed E-state index contributed by atoms with van der Waals surface area (Å²) in [6, 6.07) is 8.71. The number of rotatable bonds is 2. The average Bonchev–Trinajstić information content (AvgIpc) is 2.33. The number of nitrogens with two attached hydrogens (primary N) is 2. The molecule has 2 rings (SSSR count). The van der Waals surface area contributed by atoms with Crippen molar-refractivity contribution in [1.29, 1.82) is 0 Å². The number of hydrogen-bond donors (Lipinski definition) is 3. The van der Waals surface area contributed by atoms with Gasteiger partial charge in [-0.25, -0.2) is 0 Å². The standard InChI is InChI=1S/C13H14N2O2.Ce/c14-13(15)8-4-7-10(12(13)17)11(16)9-5-2-1-3-6-9;/h1-8,12,17H,14-15H2;. The second-order valence-electron chi connectivity index (χ2n) is 4.08. The monoisotopic (exact) mass is 370 g/mol. The molecule has 1 unspecified atom stereocenters. The molecule has 1 aliphatic carbocycles. The van der Waals surface area contributed by atoms with Crippen LogP contribution >= 0.6 is 0 Å². The van der Waals surface area contributed by atoms with Crippen molar-refractivity contribution < 1.29 is 51.6 Å². The van der Waals surface area contributed by atoms with Crippen molar-refractivity contribution in [2.45, 2.75) is 11.8 Å². The van der Waals surface area contributed by atoms with Gasteiger partial charge < -0.3 is 16.6 Å². The Balaban J connectivity index is 0.00000162. The zero-order valence-electron chi connectivity index (χ0n) is 9.71. The Morgan fingerprint density at radius 3 is 2.44 bits per heavy atom. The second-order valence-corrected chi connectivity index (χ2v) is 4.08. The molecule has 0 amide bonds. The van der Waals surface area contributed by atoms with Crippen molar-refractivity contribution in [2.24, 2.45) is 11.5 Å². The number of allylic oxidation sites excluding steroid dienone is 2. The molecule has 0 saturated heterocycles. The van der Waals surface area contributed by atoms with Crippen LogP contribution in [0.3, 0.4) is 0 Å². The third-order valence-corrected chi connectivity index (χ3v) is 2.73. The fraction of sp³-hybridized carbons (Fsp3) is 0.154. The van der Waals surface area contributed by atoms with Gasteiger partial charge in [0, 0.05) is 52.9 Å². The van der Waals surface area contributed by atoms with Crippen molar-refractivity contribution >= 4 is 5.78 Å². The molecular formula is C13H14CeN2O2. The van der Waals surface area contributed by atoms with E-state index in [0.29, 0.717) is 5.56 Å². The second kappa shape index (κ2) is 6.18. The van der Waals surface area contributed by atoms with Gasteiger partial charge in [-0.1, -0.05) is 42.5 Å². The van der Waals surface area contributed by atoms with E-state index < -0.39 is 11.8 Å². The van der Waals surface area contributed by atoms with Crippen LogP contribution in [0.25, 0.3) is 0 Å². The molecule has 0 heterocycles. The van der Waals surface area contributed by atoms with Crippen LogP contribution in [0.2, 0.25) is 0 Å². The van der Waals surface area contributed by atoms with Crippen LogP contribution in [0.4, 0.5) is 0 Å². The van der Waals surface area contributed by atoms with E-state index in [1.54, 1.807) is 30.3 Å². The summed E-state index contributed by atoms with van der Waals surface area (Å²) in [5, 5.41) is 9.94. The smallest absolute Gasteiger partial charge is 0.191 e. The zero-order valence-corrected chi connectivity index (χ0v) is 12.8. The van der Waals surface area contributed by atoms with Crippen molar-refractivity contribution in [3.8, 4) is 0 Å². The maximum atomic E-state index is 12.1. The van der Waals surface area contributed by atoms with Gasteiger partial charge in [-0.05, 0) is 6.08 Å². The van der Waals surface area contributed by atoms with Crippen molar-refractivity contribution in [3.05, 3.63) is 59.7 Å². The van der Waals surface area contributed by atoms with E-state index in [0.717, 1.165) is 0 Å². The average molecular weight is 370 g/mol. The van der Waals surface area contributed by atoms with E-state index in [4.69, 9.17) is 11.5 Å². The van der Waals surface area contributed by atoms with Gasteiger partial charge in [0.1, 0.15) is 11.8 Å². The Labute approximate surface area is 139 Å². The Morgan fingerprint density at radius 2 is 1.83 bits per heavy atom. The minimum Gasteiger partial charge on any atom is -0.385 e. The number of carbonyl (C=O) groups excluding carboxylic acids is 1. The van der Waals surface area contributed by atoms with Crippen LogP contribution in [-0.2, 0) is 0 Å². The number of hydrogen-bond acceptors (Lipinski definition) is 4. The van der Waals surface area contributed by atoms with Gasteiger partial charge in [-0.15, -0.1) is 0 Å². The SMILES string of the molecule is NC1(N)C=CC=C(C(=O)c2ccccc2)C1O.[Ce]. The molecule has 1 aliphatic rings. The predicted molar refractivity (Wildman–Crippen MR) is 65.1 cm³/mol. The maximum Gasteiger partial charge on any atom is 0.191 e. The van der Waals surface area contributed by atoms with Crippen LogP contribution in [0.1, 0.15) is 10.4 Å². The van der Waals surface area contributed by atoms with Crippen molar-refractivity contribution in [2.75, 3.05) is 0 Å². The van der Waals surface area contributed by atoms with Gasteiger partial charge in [0.05, 0.1) is 0 Å². The number of aliphatic hydroxyl groups excluding tert-OH is 1. The molecule has 1 aromatic carbocycles. The summed E-state index contributed by atoms with van der Waals surface area (Å²) in [6.45, 7) is 0. The van der Waals surface area contributed by atoms with E-state index in [-0.39, 0.29) is 53.1 Å². The topological polar surface area (TPSA) is 89.3 Å². The largest absolute Gasteiger partial charge is 0.385 e. The molecule has 5 N–H and O–H groups in total. The molecule has 0 aliphatic heterocycles. The van der Waals surface area contributed by atoms with Crippen LogP contribution < -0.4 is 11.5 Å². The van der Waals surface area contributed by atoms with Gasteiger partial charge >= 0.3 is 0 Å². The van der Waals surface area contributed by atoms with Crippen LogP contribution in [0.5, 0.6) is 0 Å². The number of aliphatic hydroxyl groups is 1. The van der Waals surface area contributed by atoms with Gasteiger partial charge in [-0.3, -0.25) is 4.79 Å². The Morgan fingerprint density at radius 1 is 1.22 bits per heavy atom. The first-order valence-corrected chi connectivity index (χ1v) is 5.27. The molecule has 0 spiro atoms. The molecule has 18 heavy (non-hydrogen) atoms. The Kier molecular flexibility index (Phi) is 5.39. The summed E-state index contributed by atoms with van der Waals surface area (Å²) in [5.74, 6) is -0.261. The fourth-order valence-corrected chi connectivity index (χ4v) is 1.73. The molecule has 4 nitrogen and oxygen atoms in total. The quantitative estimate of drug-likeness (QED) is 0.517. The van der Waals surface area contributed by atoms with Gasteiger partial charge in [0.2, 0.25) is 0 Å². The molecule has 0 fully saturated rings. The molecule has 0 aromatic heterocycles. The third-order valence-electron chi connectivity index (χ3n) is 2.73. The molecule has 92 valence electrons. The zero-order chi connectivity index (χ0) is 12.5. The first kappa shape index (κ1) is 15.7. The molecule has 0 saturated carbocycles. The van der Waals surface area contributed by atoms with E-state index in [1.165, 1.54) is 12.2 Å². The van der Waals surface area contributed by atoms with Crippen LogP contribution in [0, 0.1) is 41.7 Å². The molecule has 5 heteroatoms. The minimum atomic E-state index is -1.39. The van der Waals surface area contributed by atoms with Crippen LogP contribution in [0.15, 0.2) is 54.1 Å². The van der Waals surface area contributed by atoms with E-state index in [2.05, 4.69) is 0 Å². The predicted octanol–water partition coefficient (Wildman–Crippen LogP) is 0.340. The van der Waals surface area contributed by atoms with Gasteiger partial charge in [0.15, 0.2) is 5.78 Å². The van der Waals surface area contributed by atoms with E-state index >= 15 is 0 Å². The van der Waals surface area contributed by atoms with Crippen LogP contribution in [-0.4, -0.2) is 22.7 Å². The Hall–Kier alpha value is -0.373. The maximum absolute atomic E-state index is 12.1. The molecule has 0 radical (unpaired) electrons. The summed E-state index contributed by atoms with van der Waals surface area (Å²) in [5.41, 5.74) is 10.7. The molecular weight excluding hydrogens is 356 g/mol. The molecule has 1 atom stereocenters. The first-order chi connectivity index (χ1) is 8.02. The summed E-state index contributed by atoms with van der Waals surface area (Å²) in [7, 11) is 0. The molecule has 0 bridgehead atoms. The number of carbonyl (C=O) groups is 1. The van der Waals surface area contributed by atoms with Crippen molar-refractivity contribution in [3.63, 3.8) is 0 Å². The summed E-state index contributed by atoms with van der Waals surface area (Å²) < 4.78 is 0. The number of ketones is 1. The summed E-state index contributed by atoms with van der Waals surface area (Å²) in [6.07, 6.45) is 3.40. The van der Waals surface area contributed by atoms with E-state index in [9.17, 15) is 9.90 Å². The molecule has 1 aromatic rings. The third kappa shape index (κ3) is 3.14. The summed E-state index contributed by atoms with van der Waals surface area (Å²) in [4.78, 5) is 12.1. The van der Waals surface area contributed by atoms with Gasteiger partial charge in [-0.2, -0.15) is 0 Å². The van der Waals surface area contributed by atoms with Crippen molar-refractivity contribution in [1.82, 2.24) is 0 Å².